The van der Waals surface area contributed by atoms with Gasteiger partial charge in [-0.05, 0) is 24.6 Å². The average molecular weight is 381 g/mol. The SMILES string of the molecule is COc1cc(C)c(C(=O)N2CCNCC2c2nccn2C)cc1OC.Cl. The molecule has 26 heavy (non-hydrogen) atoms. The molecule has 2 heterocycles. The predicted octanol–water partition coefficient (Wildman–Crippen LogP) is 1.95. The number of aromatic nitrogens is 2. The largest absolute Gasteiger partial charge is 0.493 e. The minimum absolute atomic E-state index is 0. The first-order chi connectivity index (χ1) is 12.1. The van der Waals surface area contributed by atoms with Crippen LogP contribution >= 0.6 is 12.4 Å². The molecule has 0 bridgehead atoms. The van der Waals surface area contributed by atoms with E-state index in [4.69, 9.17) is 9.47 Å². The van der Waals surface area contributed by atoms with Gasteiger partial charge >= 0.3 is 0 Å². The van der Waals surface area contributed by atoms with Crippen molar-refractivity contribution in [3.63, 3.8) is 0 Å². The van der Waals surface area contributed by atoms with Crippen LogP contribution in [0.3, 0.4) is 0 Å². The highest BCUT2D eigenvalue weighted by molar-refractivity contribution is 5.96. The number of halogens is 1. The molecule has 1 aromatic heterocycles. The first kappa shape index (κ1) is 20.1. The van der Waals surface area contributed by atoms with E-state index in [0.717, 1.165) is 17.9 Å². The van der Waals surface area contributed by atoms with Gasteiger partial charge in [-0.3, -0.25) is 4.79 Å². The number of rotatable bonds is 4. The van der Waals surface area contributed by atoms with E-state index in [1.165, 1.54) is 0 Å². The molecule has 1 saturated heterocycles. The lowest BCUT2D eigenvalue weighted by Crippen LogP contribution is -2.49. The number of imidazole rings is 1. The number of piperazine rings is 1. The van der Waals surface area contributed by atoms with Gasteiger partial charge in [0.05, 0.1) is 14.2 Å². The number of benzene rings is 1. The second kappa shape index (κ2) is 8.42. The molecule has 7 nitrogen and oxygen atoms in total. The Hall–Kier alpha value is -2.25. The Kier molecular flexibility index (Phi) is 6.50. The van der Waals surface area contributed by atoms with Crippen molar-refractivity contribution in [1.82, 2.24) is 19.8 Å². The summed E-state index contributed by atoms with van der Waals surface area (Å²) in [5.41, 5.74) is 1.48. The third-order valence-electron chi connectivity index (χ3n) is 4.62. The van der Waals surface area contributed by atoms with Crippen LogP contribution in [0.4, 0.5) is 0 Å². The van der Waals surface area contributed by atoms with Crippen LogP contribution in [0.5, 0.6) is 11.5 Å². The van der Waals surface area contributed by atoms with E-state index in [1.807, 2.05) is 35.7 Å². The Bertz CT molecular complexity index is 778. The lowest BCUT2D eigenvalue weighted by Gasteiger charge is -2.36. The molecule has 1 aliphatic heterocycles. The van der Waals surface area contributed by atoms with Crippen molar-refractivity contribution in [1.29, 1.82) is 0 Å². The molecular formula is C18H25ClN4O3. The molecule has 2 aromatic rings. The van der Waals surface area contributed by atoms with E-state index in [-0.39, 0.29) is 24.4 Å². The second-order valence-electron chi connectivity index (χ2n) is 6.14. The molecule has 0 spiro atoms. The summed E-state index contributed by atoms with van der Waals surface area (Å²) < 4.78 is 12.6. The summed E-state index contributed by atoms with van der Waals surface area (Å²) in [6, 6.07) is 3.49. The van der Waals surface area contributed by atoms with Crippen molar-refractivity contribution in [2.45, 2.75) is 13.0 Å². The van der Waals surface area contributed by atoms with Crippen LogP contribution in [0, 0.1) is 6.92 Å². The number of carbonyl (C=O) groups excluding carboxylic acids is 1. The molecule has 0 radical (unpaired) electrons. The number of amides is 1. The van der Waals surface area contributed by atoms with E-state index < -0.39 is 0 Å². The van der Waals surface area contributed by atoms with Crippen LogP contribution in [-0.2, 0) is 7.05 Å². The highest BCUT2D eigenvalue weighted by Gasteiger charge is 2.32. The first-order valence-corrected chi connectivity index (χ1v) is 8.28. The van der Waals surface area contributed by atoms with Crippen LogP contribution in [0.2, 0.25) is 0 Å². The van der Waals surface area contributed by atoms with Gasteiger partial charge in [0.15, 0.2) is 11.5 Å². The summed E-state index contributed by atoms with van der Waals surface area (Å²) in [7, 11) is 5.11. The van der Waals surface area contributed by atoms with E-state index in [9.17, 15) is 4.79 Å². The van der Waals surface area contributed by atoms with Gasteiger partial charge in [-0.25, -0.2) is 4.98 Å². The maximum absolute atomic E-state index is 13.3. The number of carbonyl (C=O) groups is 1. The van der Waals surface area contributed by atoms with Gasteiger partial charge < -0.3 is 24.3 Å². The zero-order valence-corrected chi connectivity index (χ0v) is 16.3. The minimum Gasteiger partial charge on any atom is -0.493 e. The van der Waals surface area contributed by atoms with E-state index >= 15 is 0 Å². The van der Waals surface area contributed by atoms with Gasteiger partial charge in [-0.15, -0.1) is 12.4 Å². The smallest absolute Gasteiger partial charge is 0.254 e. The summed E-state index contributed by atoms with van der Waals surface area (Å²) in [6.45, 7) is 3.99. The van der Waals surface area contributed by atoms with Crippen molar-refractivity contribution in [2.75, 3.05) is 33.9 Å². The summed E-state index contributed by atoms with van der Waals surface area (Å²) in [5.74, 6) is 2.03. The molecule has 142 valence electrons. The Morgan fingerprint density at radius 2 is 1.96 bits per heavy atom. The van der Waals surface area contributed by atoms with Gasteiger partial charge in [0, 0.05) is 44.6 Å². The third-order valence-corrected chi connectivity index (χ3v) is 4.62. The van der Waals surface area contributed by atoms with Crippen LogP contribution in [0.1, 0.15) is 27.8 Å². The fourth-order valence-electron chi connectivity index (χ4n) is 3.24. The van der Waals surface area contributed by atoms with Gasteiger partial charge in [0.1, 0.15) is 11.9 Å². The summed E-state index contributed by atoms with van der Waals surface area (Å²) in [4.78, 5) is 19.6. The number of aryl methyl sites for hydroxylation is 2. The predicted molar refractivity (Wildman–Crippen MR) is 101 cm³/mol. The Labute approximate surface area is 159 Å². The highest BCUT2D eigenvalue weighted by atomic mass is 35.5. The van der Waals surface area contributed by atoms with Crippen molar-refractivity contribution in [2.24, 2.45) is 7.05 Å². The quantitative estimate of drug-likeness (QED) is 0.878. The van der Waals surface area contributed by atoms with Crippen molar-refractivity contribution in [3.8, 4) is 11.5 Å². The fraction of sp³-hybridized carbons (Fsp3) is 0.444. The van der Waals surface area contributed by atoms with E-state index in [0.29, 0.717) is 30.2 Å². The van der Waals surface area contributed by atoms with Gasteiger partial charge in [0.2, 0.25) is 0 Å². The van der Waals surface area contributed by atoms with Crippen molar-refractivity contribution < 1.29 is 14.3 Å². The molecule has 1 aliphatic rings. The van der Waals surface area contributed by atoms with Crippen molar-refractivity contribution in [3.05, 3.63) is 41.5 Å². The van der Waals surface area contributed by atoms with Crippen LogP contribution in [0.15, 0.2) is 24.5 Å². The second-order valence-corrected chi connectivity index (χ2v) is 6.14. The van der Waals surface area contributed by atoms with Gasteiger partial charge in [-0.2, -0.15) is 0 Å². The summed E-state index contributed by atoms with van der Waals surface area (Å²) >= 11 is 0. The molecule has 3 rings (SSSR count). The first-order valence-electron chi connectivity index (χ1n) is 8.28. The fourth-order valence-corrected chi connectivity index (χ4v) is 3.24. The molecule has 1 amide bonds. The molecule has 0 aliphatic carbocycles. The minimum atomic E-state index is -0.103. The number of nitrogens with zero attached hydrogens (tertiary/aromatic N) is 3. The van der Waals surface area contributed by atoms with E-state index in [1.54, 1.807) is 26.5 Å². The highest BCUT2D eigenvalue weighted by Crippen LogP contribution is 2.32. The van der Waals surface area contributed by atoms with Gasteiger partial charge in [-0.1, -0.05) is 0 Å². The monoisotopic (exact) mass is 380 g/mol. The standard InChI is InChI=1S/C18H24N4O3.ClH/c1-12-9-15(24-3)16(25-4)10-13(12)18(23)22-8-5-19-11-14(22)17-20-6-7-21(17)2;/h6-7,9-10,14,19H,5,8,11H2,1-4H3;1H. The van der Waals surface area contributed by atoms with Crippen LogP contribution in [0.25, 0.3) is 0 Å². The van der Waals surface area contributed by atoms with Crippen LogP contribution in [-0.4, -0.2) is 54.2 Å². The molecular weight excluding hydrogens is 356 g/mol. The number of nitrogens with one attached hydrogen (secondary N) is 1. The molecule has 1 unspecified atom stereocenters. The molecule has 1 aromatic carbocycles. The molecule has 1 atom stereocenters. The molecule has 1 N–H and O–H groups in total. The third kappa shape index (κ3) is 3.64. The Balaban J connectivity index is 0.00000243. The lowest BCUT2D eigenvalue weighted by atomic mass is 10.0. The van der Waals surface area contributed by atoms with Gasteiger partial charge in [0.25, 0.3) is 5.91 Å². The Morgan fingerprint density at radius 1 is 1.27 bits per heavy atom. The zero-order chi connectivity index (χ0) is 18.0. The number of ether oxygens (including phenoxy) is 2. The topological polar surface area (TPSA) is 68.6 Å². The van der Waals surface area contributed by atoms with E-state index in [2.05, 4.69) is 10.3 Å². The zero-order valence-electron chi connectivity index (χ0n) is 15.5. The number of hydrogen-bond acceptors (Lipinski definition) is 5. The Morgan fingerprint density at radius 3 is 2.58 bits per heavy atom. The summed E-state index contributed by atoms with van der Waals surface area (Å²) in [5, 5.41) is 3.35. The maximum Gasteiger partial charge on any atom is 0.254 e. The maximum atomic E-state index is 13.3. The number of hydrogen-bond donors (Lipinski definition) is 1. The summed E-state index contributed by atoms with van der Waals surface area (Å²) in [6.07, 6.45) is 3.66. The van der Waals surface area contributed by atoms with Crippen molar-refractivity contribution >= 4 is 18.3 Å². The normalized spacial score (nSPS) is 16.8. The molecule has 0 saturated carbocycles. The van der Waals surface area contributed by atoms with Crippen LogP contribution < -0.4 is 14.8 Å². The number of methoxy groups -OCH3 is 2. The lowest BCUT2D eigenvalue weighted by molar-refractivity contribution is 0.0619. The molecule has 1 fully saturated rings. The average Bonchev–Trinajstić information content (AvgIpc) is 3.06. The molecule has 8 heteroatoms.